The number of alkyl halides is 1. The van der Waals surface area contributed by atoms with Crippen LogP contribution >= 0.6 is 11.6 Å². The zero-order chi connectivity index (χ0) is 9.45. The van der Waals surface area contributed by atoms with Crippen LogP contribution in [0.15, 0.2) is 12.7 Å². The molecule has 0 aliphatic carbocycles. The first-order valence-corrected chi connectivity index (χ1v) is 5.45. The normalized spacial score (nSPS) is 15.6. The molecule has 0 radical (unpaired) electrons. The summed E-state index contributed by atoms with van der Waals surface area (Å²) < 4.78 is 0. The Balaban J connectivity index is 4.03. The predicted octanol–water partition coefficient (Wildman–Crippen LogP) is 4.39. The second kappa shape index (κ2) is 6.54. The fraction of sp³-hybridized carbons (Fsp3) is 0.818. The van der Waals surface area contributed by atoms with Gasteiger partial charge in [-0.05, 0) is 24.7 Å². The predicted molar refractivity (Wildman–Crippen MR) is 57.8 cm³/mol. The van der Waals surface area contributed by atoms with E-state index in [1.807, 2.05) is 6.08 Å². The molecule has 0 aliphatic heterocycles. The first kappa shape index (κ1) is 12.0. The third-order valence-corrected chi connectivity index (χ3v) is 3.24. The molecule has 72 valence electrons. The second-order valence-corrected chi connectivity index (χ2v) is 3.85. The Morgan fingerprint density at radius 3 is 2.42 bits per heavy atom. The quantitative estimate of drug-likeness (QED) is 0.411. The van der Waals surface area contributed by atoms with Crippen molar-refractivity contribution in [2.24, 2.45) is 5.41 Å². The molecule has 0 heterocycles. The maximum atomic E-state index is 5.99. The Morgan fingerprint density at radius 2 is 2.08 bits per heavy atom. The van der Waals surface area contributed by atoms with E-state index in [0.29, 0.717) is 5.41 Å². The number of hydrogen-bond acceptors (Lipinski definition) is 0. The molecule has 12 heavy (non-hydrogen) atoms. The Labute approximate surface area is 82.0 Å². The van der Waals surface area contributed by atoms with Crippen molar-refractivity contribution in [3.05, 3.63) is 12.7 Å². The molecule has 1 unspecified atom stereocenters. The minimum atomic E-state index is 0.333. The molecule has 0 aromatic carbocycles. The summed E-state index contributed by atoms with van der Waals surface area (Å²) in [5.41, 5.74) is 0.333. The highest BCUT2D eigenvalue weighted by atomic mass is 35.5. The van der Waals surface area contributed by atoms with Gasteiger partial charge in [0.25, 0.3) is 0 Å². The Morgan fingerprint density at radius 1 is 1.42 bits per heavy atom. The van der Waals surface area contributed by atoms with Gasteiger partial charge in [0.1, 0.15) is 0 Å². The Kier molecular flexibility index (Phi) is 6.55. The van der Waals surface area contributed by atoms with Gasteiger partial charge in [-0.1, -0.05) is 32.8 Å². The zero-order valence-electron chi connectivity index (χ0n) is 8.41. The van der Waals surface area contributed by atoms with Crippen LogP contribution in [0.3, 0.4) is 0 Å². The molecule has 1 heteroatoms. The number of allylic oxidation sites excluding steroid dienone is 1. The molecule has 0 spiro atoms. The first-order chi connectivity index (χ1) is 5.74. The average molecular weight is 189 g/mol. The van der Waals surface area contributed by atoms with Gasteiger partial charge in [-0.15, -0.1) is 18.2 Å². The molecule has 0 amide bonds. The van der Waals surface area contributed by atoms with E-state index in [-0.39, 0.29) is 0 Å². The lowest BCUT2D eigenvalue weighted by atomic mass is 9.79. The third-order valence-electron chi connectivity index (χ3n) is 2.67. The molecule has 0 fully saturated rings. The van der Waals surface area contributed by atoms with Gasteiger partial charge in [-0.3, -0.25) is 0 Å². The van der Waals surface area contributed by atoms with E-state index < -0.39 is 0 Å². The molecule has 0 aliphatic rings. The molecule has 0 aromatic heterocycles. The minimum absolute atomic E-state index is 0.333. The number of hydrogen-bond donors (Lipinski definition) is 0. The Bertz CT molecular complexity index is 114. The van der Waals surface area contributed by atoms with Gasteiger partial charge in [0.2, 0.25) is 0 Å². The lowest BCUT2D eigenvalue weighted by molar-refractivity contribution is 0.285. The molecule has 1 atom stereocenters. The lowest BCUT2D eigenvalue weighted by Crippen LogP contribution is -2.21. The maximum Gasteiger partial charge on any atom is 0.0282 e. The van der Waals surface area contributed by atoms with Gasteiger partial charge in [0.15, 0.2) is 0 Å². The minimum Gasteiger partial charge on any atom is -0.126 e. The van der Waals surface area contributed by atoms with E-state index >= 15 is 0 Å². The van der Waals surface area contributed by atoms with Crippen LogP contribution in [0.4, 0.5) is 0 Å². The summed E-state index contributed by atoms with van der Waals surface area (Å²) >= 11 is 5.99. The molecule has 0 saturated carbocycles. The van der Waals surface area contributed by atoms with Gasteiger partial charge in [-0.25, -0.2) is 0 Å². The summed E-state index contributed by atoms with van der Waals surface area (Å²) in [6.07, 6.45) is 8.02. The van der Waals surface area contributed by atoms with E-state index in [0.717, 1.165) is 12.3 Å². The van der Waals surface area contributed by atoms with Crippen LogP contribution in [0.5, 0.6) is 0 Å². The summed E-state index contributed by atoms with van der Waals surface area (Å²) in [6, 6.07) is 0. The fourth-order valence-electron chi connectivity index (χ4n) is 1.50. The number of halogens is 1. The molecule has 0 bridgehead atoms. The number of rotatable bonds is 7. The van der Waals surface area contributed by atoms with Crippen LogP contribution < -0.4 is 0 Å². The third kappa shape index (κ3) is 3.62. The molecule has 0 rings (SSSR count). The van der Waals surface area contributed by atoms with Crippen molar-refractivity contribution in [3.8, 4) is 0 Å². The highest BCUT2D eigenvalue weighted by Gasteiger charge is 2.24. The van der Waals surface area contributed by atoms with Crippen LogP contribution in [0.1, 0.15) is 46.0 Å². The van der Waals surface area contributed by atoms with Gasteiger partial charge >= 0.3 is 0 Å². The van der Waals surface area contributed by atoms with Crippen LogP contribution in [0.2, 0.25) is 0 Å². The van der Waals surface area contributed by atoms with E-state index in [1.54, 1.807) is 0 Å². The summed E-state index contributed by atoms with van der Waals surface area (Å²) in [5.74, 6) is 0.773. The zero-order valence-corrected chi connectivity index (χ0v) is 9.16. The van der Waals surface area contributed by atoms with E-state index in [4.69, 9.17) is 11.6 Å². The lowest BCUT2D eigenvalue weighted by Gasteiger charge is -2.29. The van der Waals surface area contributed by atoms with Crippen LogP contribution in [-0.2, 0) is 0 Å². The van der Waals surface area contributed by atoms with Crippen LogP contribution in [0.25, 0.3) is 0 Å². The van der Waals surface area contributed by atoms with Crippen molar-refractivity contribution >= 4 is 11.6 Å². The maximum absolute atomic E-state index is 5.99. The van der Waals surface area contributed by atoms with Crippen LogP contribution in [-0.4, -0.2) is 5.88 Å². The van der Waals surface area contributed by atoms with Crippen molar-refractivity contribution in [2.75, 3.05) is 5.88 Å². The van der Waals surface area contributed by atoms with Crippen LogP contribution in [0, 0.1) is 5.41 Å². The van der Waals surface area contributed by atoms with Crippen molar-refractivity contribution in [1.82, 2.24) is 0 Å². The van der Waals surface area contributed by atoms with E-state index in [2.05, 4.69) is 20.4 Å². The van der Waals surface area contributed by atoms with Crippen molar-refractivity contribution in [3.63, 3.8) is 0 Å². The molecular weight excluding hydrogens is 168 g/mol. The van der Waals surface area contributed by atoms with Crippen molar-refractivity contribution in [2.45, 2.75) is 46.0 Å². The molecule has 0 aromatic rings. The SMILES string of the molecule is C=CCC(CC)(CCl)CCCC. The van der Waals surface area contributed by atoms with Gasteiger partial charge in [0, 0.05) is 5.88 Å². The molecule has 0 saturated heterocycles. The summed E-state index contributed by atoms with van der Waals surface area (Å²) in [5, 5.41) is 0. The highest BCUT2D eigenvalue weighted by Crippen LogP contribution is 2.34. The van der Waals surface area contributed by atoms with E-state index in [1.165, 1.54) is 25.7 Å². The summed E-state index contributed by atoms with van der Waals surface area (Å²) in [6.45, 7) is 8.24. The van der Waals surface area contributed by atoms with Crippen molar-refractivity contribution in [1.29, 1.82) is 0 Å². The Hall–Kier alpha value is 0.0300. The summed E-state index contributed by atoms with van der Waals surface area (Å²) in [7, 11) is 0. The van der Waals surface area contributed by atoms with Gasteiger partial charge in [0.05, 0.1) is 0 Å². The fourth-order valence-corrected chi connectivity index (χ4v) is 1.93. The standard InChI is InChI=1S/C11H21Cl/c1-4-7-9-11(6-3,10-12)8-5-2/h5H,2,4,6-10H2,1,3H3. The van der Waals surface area contributed by atoms with Gasteiger partial charge in [-0.2, -0.15) is 0 Å². The first-order valence-electron chi connectivity index (χ1n) is 4.91. The average Bonchev–Trinajstić information content (AvgIpc) is 2.13. The molecule has 0 N–H and O–H groups in total. The van der Waals surface area contributed by atoms with Gasteiger partial charge < -0.3 is 0 Å². The van der Waals surface area contributed by atoms with E-state index in [9.17, 15) is 0 Å². The largest absolute Gasteiger partial charge is 0.126 e. The monoisotopic (exact) mass is 188 g/mol. The second-order valence-electron chi connectivity index (χ2n) is 3.58. The van der Waals surface area contributed by atoms with Crippen molar-refractivity contribution < 1.29 is 0 Å². The molecule has 0 nitrogen and oxygen atoms in total. The summed E-state index contributed by atoms with van der Waals surface area (Å²) in [4.78, 5) is 0. The number of unbranched alkanes of at least 4 members (excludes halogenated alkanes) is 1. The smallest absolute Gasteiger partial charge is 0.0282 e. The molecular formula is C11H21Cl. The topological polar surface area (TPSA) is 0 Å². The highest BCUT2D eigenvalue weighted by molar-refractivity contribution is 6.18.